The molecule has 1 aliphatic rings. The molecule has 2 N–H and O–H groups in total. The lowest BCUT2D eigenvalue weighted by Crippen LogP contribution is -2.48. The first kappa shape index (κ1) is 15.8. The molecule has 6 nitrogen and oxygen atoms in total. The Labute approximate surface area is 114 Å². The highest BCUT2D eigenvalue weighted by Gasteiger charge is 2.31. The van der Waals surface area contributed by atoms with Crippen molar-refractivity contribution in [2.75, 3.05) is 26.3 Å². The van der Waals surface area contributed by atoms with E-state index in [-0.39, 0.29) is 18.0 Å². The molecule has 1 rings (SSSR count). The van der Waals surface area contributed by atoms with E-state index in [1.165, 1.54) is 0 Å². The first-order valence-corrected chi connectivity index (χ1v) is 6.81. The van der Waals surface area contributed by atoms with Crippen molar-refractivity contribution in [2.45, 2.75) is 33.2 Å². The van der Waals surface area contributed by atoms with Crippen LogP contribution in [0.5, 0.6) is 0 Å². The Morgan fingerprint density at radius 1 is 1.47 bits per heavy atom. The number of ether oxygens (including phenoxy) is 1. The van der Waals surface area contributed by atoms with Crippen molar-refractivity contribution in [3.05, 3.63) is 0 Å². The molecular formula is C13H24N2O4. The van der Waals surface area contributed by atoms with Crippen LogP contribution in [0.2, 0.25) is 0 Å². The first-order chi connectivity index (χ1) is 8.95. The summed E-state index contributed by atoms with van der Waals surface area (Å²) in [5, 5.41) is 11.8. The van der Waals surface area contributed by atoms with Crippen LogP contribution in [0.25, 0.3) is 0 Å². The second kappa shape index (κ2) is 7.33. The zero-order valence-electron chi connectivity index (χ0n) is 11.9. The summed E-state index contributed by atoms with van der Waals surface area (Å²) >= 11 is 0. The normalized spacial score (nSPS) is 20.6. The third-order valence-electron chi connectivity index (χ3n) is 3.44. The van der Waals surface area contributed by atoms with Gasteiger partial charge < -0.3 is 20.1 Å². The Bertz CT molecular complexity index is 320. The van der Waals surface area contributed by atoms with Crippen molar-refractivity contribution in [1.29, 1.82) is 0 Å². The number of carbonyl (C=O) groups is 2. The summed E-state index contributed by atoms with van der Waals surface area (Å²) in [6.07, 6.45) is 0.528. The lowest BCUT2D eigenvalue weighted by atomic mass is 10.1. The van der Waals surface area contributed by atoms with E-state index in [9.17, 15) is 9.59 Å². The molecule has 0 aromatic heterocycles. The van der Waals surface area contributed by atoms with Crippen LogP contribution < -0.4 is 5.32 Å². The molecule has 2 unspecified atom stereocenters. The summed E-state index contributed by atoms with van der Waals surface area (Å²) in [6, 6.07) is -0.238. The minimum Gasteiger partial charge on any atom is -0.481 e. The maximum Gasteiger partial charge on any atom is 0.317 e. The van der Waals surface area contributed by atoms with Gasteiger partial charge in [-0.25, -0.2) is 4.79 Å². The fourth-order valence-electron chi connectivity index (χ4n) is 2.04. The highest BCUT2D eigenvalue weighted by atomic mass is 16.5. The number of nitrogens with one attached hydrogen (secondary N) is 1. The predicted octanol–water partition coefficient (Wildman–Crippen LogP) is 1.16. The van der Waals surface area contributed by atoms with Gasteiger partial charge in [0.2, 0.25) is 0 Å². The number of hydrogen-bond acceptors (Lipinski definition) is 3. The Morgan fingerprint density at radius 3 is 2.63 bits per heavy atom. The van der Waals surface area contributed by atoms with Crippen molar-refractivity contribution >= 4 is 12.0 Å². The summed E-state index contributed by atoms with van der Waals surface area (Å²) in [5.41, 5.74) is 0. The molecule has 6 heteroatoms. The fourth-order valence-corrected chi connectivity index (χ4v) is 2.04. The fraction of sp³-hybridized carbons (Fsp3) is 0.846. The van der Waals surface area contributed by atoms with Gasteiger partial charge in [0.1, 0.15) is 0 Å². The maximum absolute atomic E-state index is 12.1. The van der Waals surface area contributed by atoms with Crippen molar-refractivity contribution in [2.24, 2.45) is 11.8 Å². The average Bonchev–Trinajstić information content (AvgIpc) is 2.83. The largest absolute Gasteiger partial charge is 0.481 e. The van der Waals surface area contributed by atoms with Crippen LogP contribution in [-0.2, 0) is 9.53 Å². The van der Waals surface area contributed by atoms with Crippen LogP contribution in [0.1, 0.15) is 27.2 Å². The van der Waals surface area contributed by atoms with Gasteiger partial charge in [0.25, 0.3) is 0 Å². The van der Waals surface area contributed by atoms with E-state index in [2.05, 4.69) is 5.32 Å². The van der Waals surface area contributed by atoms with Gasteiger partial charge in [-0.3, -0.25) is 4.79 Å². The molecule has 2 amide bonds. The molecule has 1 heterocycles. The SMILES string of the molecule is CCOCC(NC(=O)N1CCC(C(=O)O)C1)C(C)C. The lowest BCUT2D eigenvalue weighted by Gasteiger charge is -2.25. The third-order valence-corrected chi connectivity index (χ3v) is 3.44. The highest BCUT2D eigenvalue weighted by Crippen LogP contribution is 2.16. The highest BCUT2D eigenvalue weighted by molar-refractivity contribution is 5.77. The zero-order valence-corrected chi connectivity index (χ0v) is 11.9. The van der Waals surface area contributed by atoms with Crippen molar-refractivity contribution in [3.63, 3.8) is 0 Å². The molecule has 0 bridgehead atoms. The minimum absolute atomic E-state index is 0.0451. The molecule has 0 saturated carbocycles. The summed E-state index contributed by atoms with van der Waals surface area (Å²) in [5.74, 6) is -0.992. The van der Waals surface area contributed by atoms with Gasteiger partial charge in [-0.05, 0) is 19.3 Å². The van der Waals surface area contributed by atoms with Gasteiger partial charge in [0.05, 0.1) is 18.6 Å². The van der Waals surface area contributed by atoms with Gasteiger partial charge in [-0.1, -0.05) is 13.8 Å². The molecule has 2 atom stereocenters. The molecule has 1 fully saturated rings. The Morgan fingerprint density at radius 2 is 2.16 bits per heavy atom. The molecule has 0 aromatic carbocycles. The van der Waals surface area contributed by atoms with Gasteiger partial charge >= 0.3 is 12.0 Å². The Kier molecular flexibility index (Phi) is 6.08. The number of carbonyl (C=O) groups excluding carboxylic acids is 1. The number of urea groups is 1. The average molecular weight is 272 g/mol. The Hall–Kier alpha value is -1.30. The van der Waals surface area contributed by atoms with E-state index in [1.807, 2.05) is 20.8 Å². The van der Waals surface area contributed by atoms with Crippen LogP contribution in [0.3, 0.4) is 0 Å². The number of nitrogens with zero attached hydrogens (tertiary/aromatic N) is 1. The third kappa shape index (κ3) is 4.70. The van der Waals surface area contributed by atoms with Crippen molar-refractivity contribution < 1.29 is 19.4 Å². The van der Waals surface area contributed by atoms with E-state index in [0.29, 0.717) is 32.7 Å². The molecule has 0 aliphatic carbocycles. The topological polar surface area (TPSA) is 78.9 Å². The molecular weight excluding hydrogens is 248 g/mol. The van der Waals surface area contributed by atoms with Gasteiger partial charge in [-0.2, -0.15) is 0 Å². The van der Waals surface area contributed by atoms with Gasteiger partial charge in [-0.15, -0.1) is 0 Å². The van der Waals surface area contributed by atoms with Crippen LogP contribution >= 0.6 is 0 Å². The number of likely N-dealkylation sites (tertiary alicyclic amines) is 1. The number of aliphatic carboxylic acids is 1. The second-order valence-electron chi connectivity index (χ2n) is 5.23. The minimum atomic E-state index is -0.829. The van der Waals surface area contributed by atoms with Crippen LogP contribution in [0.15, 0.2) is 0 Å². The molecule has 0 radical (unpaired) electrons. The lowest BCUT2D eigenvalue weighted by molar-refractivity contribution is -0.141. The monoisotopic (exact) mass is 272 g/mol. The number of carboxylic acids is 1. The number of amides is 2. The smallest absolute Gasteiger partial charge is 0.317 e. The van der Waals surface area contributed by atoms with Gasteiger partial charge in [0.15, 0.2) is 0 Å². The quantitative estimate of drug-likeness (QED) is 0.760. The summed E-state index contributed by atoms with van der Waals surface area (Å²) < 4.78 is 5.35. The van der Waals surface area contributed by atoms with Crippen molar-refractivity contribution in [1.82, 2.24) is 10.2 Å². The molecule has 1 aliphatic heterocycles. The summed E-state index contributed by atoms with van der Waals surface area (Å²) in [7, 11) is 0. The zero-order chi connectivity index (χ0) is 14.4. The number of hydrogen-bond donors (Lipinski definition) is 2. The molecule has 0 aromatic rings. The molecule has 110 valence electrons. The second-order valence-corrected chi connectivity index (χ2v) is 5.23. The van der Waals surface area contributed by atoms with E-state index in [1.54, 1.807) is 4.90 Å². The van der Waals surface area contributed by atoms with Crippen LogP contribution in [0.4, 0.5) is 4.79 Å². The van der Waals surface area contributed by atoms with Gasteiger partial charge in [0, 0.05) is 19.7 Å². The summed E-state index contributed by atoms with van der Waals surface area (Å²) in [6.45, 7) is 7.85. The standard InChI is InChI=1S/C13H24N2O4/c1-4-19-8-11(9(2)3)14-13(18)15-6-5-10(7-15)12(16)17/h9-11H,4-8H2,1-3H3,(H,14,18)(H,16,17). The molecule has 0 spiro atoms. The first-order valence-electron chi connectivity index (χ1n) is 6.81. The van der Waals surface area contributed by atoms with Crippen LogP contribution in [-0.4, -0.2) is 54.4 Å². The number of rotatable bonds is 6. The molecule has 1 saturated heterocycles. The predicted molar refractivity (Wildman–Crippen MR) is 71.0 cm³/mol. The van der Waals surface area contributed by atoms with Crippen molar-refractivity contribution in [3.8, 4) is 0 Å². The van der Waals surface area contributed by atoms with Crippen LogP contribution in [0, 0.1) is 11.8 Å². The Balaban J connectivity index is 2.46. The van der Waals surface area contributed by atoms with E-state index < -0.39 is 11.9 Å². The summed E-state index contributed by atoms with van der Waals surface area (Å²) in [4.78, 5) is 24.5. The van der Waals surface area contributed by atoms with E-state index >= 15 is 0 Å². The van der Waals surface area contributed by atoms with E-state index in [0.717, 1.165) is 0 Å². The molecule has 19 heavy (non-hydrogen) atoms. The number of carboxylic acid groups (broad SMARTS) is 1. The maximum atomic E-state index is 12.1. The van der Waals surface area contributed by atoms with E-state index in [4.69, 9.17) is 9.84 Å².